The van der Waals surface area contributed by atoms with Crippen LogP contribution in [0.3, 0.4) is 0 Å². The minimum atomic E-state index is -0.204. The Bertz CT molecular complexity index is 10200. The Morgan fingerprint density at radius 1 is 0.151 bits per heavy atom. The molecule has 0 aliphatic heterocycles. The van der Waals surface area contributed by atoms with Crippen molar-refractivity contribution >= 4 is 141 Å². The highest BCUT2D eigenvalue weighted by Gasteiger charge is 2.39. The van der Waals surface area contributed by atoms with E-state index in [9.17, 15) is 28.8 Å². The predicted octanol–water partition coefficient (Wildman–Crippen LogP) is 28.8. The molecule has 2 aliphatic rings. The van der Waals surface area contributed by atoms with Gasteiger partial charge in [-0.2, -0.15) is 0 Å². The van der Waals surface area contributed by atoms with Crippen LogP contribution in [-0.4, -0.2) is 36.5 Å². The van der Waals surface area contributed by atoms with Gasteiger partial charge >= 0.3 is 0 Å². The molecule has 0 unspecified atom stereocenters. The summed E-state index contributed by atoms with van der Waals surface area (Å²) in [6, 6.07) is 150. The first kappa shape index (κ1) is 84.9. The van der Waals surface area contributed by atoms with E-state index in [1.807, 2.05) is 288 Å². The highest BCUT2D eigenvalue weighted by atomic mass is 16.2. The first-order valence-corrected chi connectivity index (χ1v) is 49.4. The zero-order chi connectivity index (χ0) is 98.0. The van der Waals surface area contributed by atoms with E-state index in [2.05, 4.69) is 207 Å². The highest BCUT2D eigenvalue weighted by molar-refractivity contribution is 6.25. The fourth-order valence-electron chi connectivity index (χ4n) is 24.5. The molecular weight excluding hydrogens is 1790 g/mol. The molecule has 0 spiro atoms. The zero-order valence-corrected chi connectivity index (χ0v) is 79.8. The number of hydrogen-bond acceptors (Lipinski definition) is 6. The highest BCUT2D eigenvalue weighted by Crippen LogP contribution is 2.53. The molecule has 0 saturated heterocycles. The van der Waals surface area contributed by atoms with Crippen molar-refractivity contribution < 1.29 is 0 Å². The van der Waals surface area contributed by atoms with Gasteiger partial charge in [0.2, 0.25) is 0 Å². The second-order valence-corrected chi connectivity index (χ2v) is 39.4. The van der Waals surface area contributed by atoms with E-state index >= 15 is 0 Å². The van der Waals surface area contributed by atoms with Crippen molar-refractivity contribution in [2.45, 2.75) is 38.5 Å². The van der Waals surface area contributed by atoms with E-state index in [0.29, 0.717) is 54.4 Å². The van der Waals surface area contributed by atoms with Gasteiger partial charge in [0, 0.05) is 98.6 Å². The van der Waals surface area contributed by atoms with E-state index in [-0.39, 0.29) is 44.2 Å². The van der Waals surface area contributed by atoms with Crippen LogP contribution < -0.4 is 33.4 Å². The van der Waals surface area contributed by atoms with E-state index in [4.69, 9.17) is 0 Å². The number of rotatable bonds is 10. The monoisotopic (exact) mass is 1880 g/mol. The summed E-state index contributed by atoms with van der Waals surface area (Å²) in [6.45, 7) is 8.99. The van der Waals surface area contributed by atoms with E-state index < -0.39 is 0 Å². The fourth-order valence-corrected chi connectivity index (χ4v) is 24.5. The summed E-state index contributed by atoms with van der Waals surface area (Å²) in [7, 11) is 0. The second kappa shape index (κ2) is 32.2. The van der Waals surface area contributed by atoms with E-state index in [1.165, 1.54) is 44.5 Å². The Morgan fingerprint density at radius 2 is 0.384 bits per heavy atom. The van der Waals surface area contributed by atoms with E-state index in [1.54, 1.807) is 18.3 Å². The third kappa shape index (κ3) is 12.3. The van der Waals surface area contributed by atoms with Gasteiger partial charge in [0.25, 0.3) is 33.4 Å². The SMILES string of the molecule is CC1(C)c2ccccc2-c2ccc(-n3c(=O)c4cccc5c4c4c(cccc43)c(=O)n5-c3ccc4c(c3)C(C)(C)c3ccccc3-4)cc21.O=c1c2cccc3c2c2c(cccc2n1-c1ccc2c(c1)c1ccccc1n2-c1ccccc1)c(=O)n3-c1ccc2c(c1)c1ccccc1n2-c1ccccc1.O=c1c2cccc3c2c2c(cccc2n1-c1ccccc1-c1ccccc1)c(=O)n3-c1ccccc1-c1ccccc1. The Hall–Kier alpha value is -19.2. The molecule has 2 aliphatic carbocycles. The molecule has 28 aromatic rings. The van der Waals surface area contributed by atoms with Crippen molar-refractivity contribution in [3.8, 4) is 90.0 Å². The molecule has 8 aromatic heterocycles. The quantitative estimate of drug-likeness (QED) is 0.125. The van der Waals surface area contributed by atoms with Crippen LogP contribution in [0.25, 0.3) is 231 Å². The summed E-state index contributed by atoms with van der Waals surface area (Å²) in [5.74, 6) is 0. The Labute approximate surface area is 834 Å². The molecule has 0 radical (unpaired) electrons. The van der Waals surface area contributed by atoms with Crippen molar-refractivity contribution in [1.29, 1.82) is 0 Å². The molecule has 0 fully saturated rings. The average Bonchev–Trinajstić information content (AvgIpc) is 0.979. The van der Waals surface area contributed by atoms with Crippen molar-refractivity contribution in [2.75, 3.05) is 0 Å². The molecule has 30 rings (SSSR count). The van der Waals surface area contributed by atoms with Crippen LogP contribution in [0, 0.1) is 0 Å². The van der Waals surface area contributed by atoms with Gasteiger partial charge in [-0.3, -0.25) is 56.2 Å². The summed E-state index contributed by atoms with van der Waals surface area (Å²) in [6.07, 6.45) is 0. The third-order valence-corrected chi connectivity index (χ3v) is 31.0. The van der Waals surface area contributed by atoms with Crippen molar-refractivity contribution in [3.05, 3.63) is 533 Å². The molecular formula is C132H86N8O6. The van der Waals surface area contributed by atoms with Crippen LogP contribution in [0.5, 0.6) is 0 Å². The number of benzene rings is 20. The number of fused-ring (bicyclic) bond motifs is 12. The second-order valence-electron chi connectivity index (χ2n) is 39.4. The van der Waals surface area contributed by atoms with Crippen LogP contribution in [0.15, 0.2) is 478 Å². The number of pyridine rings is 6. The lowest BCUT2D eigenvalue weighted by atomic mass is 9.82. The molecule has 20 aromatic carbocycles. The number of para-hydroxylation sites is 6. The Morgan fingerprint density at radius 3 is 0.719 bits per heavy atom. The van der Waals surface area contributed by atoms with E-state index in [0.717, 1.165) is 155 Å². The fraction of sp³-hybridized carbons (Fsp3) is 0.0455. The summed E-state index contributed by atoms with van der Waals surface area (Å²) < 4.78 is 15.3. The summed E-state index contributed by atoms with van der Waals surface area (Å²) in [5, 5.41) is 12.6. The standard InChI is InChI=1S/C50H30N4O2.C44H32N2O2.C38H24N2O2/c55-49-37-19-12-24-46-48(37)47-38(50(56)54(46)34-26-28-44-40(30-34)36-18-8-10-22-42(36)52(44)32-15-5-2-6-16-32)20-11-23-45(47)53(49)33-25-27-43-39(29-33)35-17-7-9-21-41(35)51(43)31-13-3-1-4-14-31;1-43(2)33-15-7-5-11-27(33)29-21-19-25(23-35(29)43)45-37-17-9-14-32-39(37)40-31(41(45)47)13-10-18-38(40)46(42(32)48)26-20-22-30-28-12-6-8-16-34(28)44(3,4)36(30)24-26;41-37-29-19-12-24-34-36(29)35-30(38(42)40(34)32-22-10-8-18-28(32)26-15-5-2-6-16-26)20-11-23-33(35)39(37)31-21-9-7-17-27(31)25-13-3-1-4-14-25/h1-30H;5-24H,1-4H3;1-24H. The molecule has 0 N–H and O–H groups in total. The summed E-state index contributed by atoms with van der Waals surface area (Å²) in [4.78, 5) is 88.1. The predicted molar refractivity (Wildman–Crippen MR) is 599 cm³/mol. The van der Waals surface area contributed by atoms with Gasteiger partial charge in [-0.25, -0.2) is 0 Å². The number of aromatic nitrogens is 8. The van der Waals surface area contributed by atoms with Crippen LogP contribution in [0.2, 0.25) is 0 Å². The van der Waals surface area contributed by atoms with Crippen LogP contribution in [0.4, 0.5) is 0 Å². The third-order valence-electron chi connectivity index (χ3n) is 31.0. The average molecular weight is 1880 g/mol. The summed E-state index contributed by atoms with van der Waals surface area (Å²) >= 11 is 0. The smallest absolute Gasteiger partial charge is 0.263 e. The number of nitrogens with zero attached hydrogens (tertiary/aromatic N) is 8. The minimum absolute atomic E-state index is 0.0930. The van der Waals surface area contributed by atoms with Crippen molar-refractivity contribution in [3.63, 3.8) is 0 Å². The van der Waals surface area contributed by atoms with Crippen molar-refractivity contribution in [1.82, 2.24) is 36.5 Å². The molecule has 14 nitrogen and oxygen atoms in total. The number of hydrogen-bond donors (Lipinski definition) is 0. The first-order chi connectivity index (χ1) is 71.5. The topological polar surface area (TPSA) is 142 Å². The minimum Gasteiger partial charge on any atom is -0.309 e. The summed E-state index contributed by atoms with van der Waals surface area (Å²) in [5.41, 5.74) is 28.1. The van der Waals surface area contributed by atoms with Crippen LogP contribution in [-0.2, 0) is 10.8 Å². The molecule has 0 amide bonds. The molecule has 690 valence electrons. The Kier molecular flexibility index (Phi) is 18.7. The van der Waals surface area contributed by atoms with Gasteiger partial charge in [-0.15, -0.1) is 0 Å². The van der Waals surface area contributed by atoms with Crippen molar-refractivity contribution in [2.24, 2.45) is 0 Å². The molecule has 0 atom stereocenters. The van der Waals surface area contributed by atoms with Gasteiger partial charge in [0.15, 0.2) is 0 Å². The van der Waals surface area contributed by atoms with Crippen LogP contribution >= 0.6 is 0 Å². The first-order valence-electron chi connectivity index (χ1n) is 49.4. The Balaban J connectivity index is 0.000000107. The normalized spacial score (nSPS) is 12.9. The largest absolute Gasteiger partial charge is 0.309 e. The lowest BCUT2D eigenvalue weighted by Crippen LogP contribution is -2.25. The van der Waals surface area contributed by atoms with Gasteiger partial charge in [-0.1, -0.05) is 295 Å². The molecule has 0 saturated carbocycles. The van der Waals surface area contributed by atoms with Crippen LogP contribution in [0.1, 0.15) is 49.9 Å². The van der Waals surface area contributed by atoms with Gasteiger partial charge in [0.05, 0.1) is 110 Å². The lowest BCUT2D eigenvalue weighted by Gasteiger charge is -2.24. The molecule has 14 heteroatoms. The maximum absolute atomic E-state index is 14.9. The molecule has 0 bridgehead atoms. The maximum atomic E-state index is 14.9. The van der Waals surface area contributed by atoms with Gasteiger partial charge in [0.1, 0.15) is 0 Å². The lowest BCUT2D eigenvalue weighted by molar-refractivity contribution is 0.659. The zero-order valence-electron chi connectivity index (χ0n) is 79.8. The maximum Gasteiger partial charge on any atom is 0.263 e. The molecule has 146 heavy (non-hydrogen) atoms. The van der Waals surface area contributed by atoms with Gasteiger partial charge < -0.3 is 9.13 Å². The van der Waals surface area contributed by atoms with Gasteiger partial charge in [-0.05, 0) is 238 Å². The molecule has 8 heterocycles.